The van der Waals surface area contributed by atoms with E-state index in [4.69, 9.17) is 11.6 Å². The molecule has 0 aliphatic heterocycles. The van der Waals surface area contributed by atoms with Crippen LogP contribution in [0.4, 0.5) is 0 Å². The molecule has 0 amide bonds. The topological polar surface area (TPSA) is 95.6 Å². The van der Waals surface area contributed by atoms with Crippen LogP contribution >= 0.6 is 11.6 Å². The van der Waals surface area contributed by atoms with Gasteiger partial charge in [0, 0.05) is 5.39 Å². The van der Waals surface area contributed by atoms with Gasteiger partial charge in [-0.2, -0.15) is 5.10 Å². The van der Waals surface area contributed by atoms with E-state index in [2.05, 4.69) is 5.10 Å². The molecule has 1 aromatic heterocycles. The number of aromatic nitrogens is 2. The number of hydrogen-bond acceptors (Lipinski definition) is 5. The standard InChI is InChI=1S/C16H11ClN2O4/c17-7-1-2-8-12-11(7)16(23)14-10(22)4-3-9(21)13(14)15(12)18-19(8)5-6-20/h1-4,20-22H,5-6H2. The number of hydrogen-bond donors (Lipinski definition) is 3. The fourth-order valence-electron chi connectivity index (χ4n) is 3.08. The number of halogens is 1. The first-order valence-corrected chi connectivity index (χ1v) is 7.32. The van der Waals surface area contributed by atoms with E-state index in [9.17, 15) is 20.1 Å². The van der Waals surface area contributed by atoms with Crippen molar-refractivity contribution in [3.8, 4) is 22.8 Å². The second-order valence-electron chi connectivity index (χ2n) is 5.29. The summed E-state index contributed by atoms with van der Waals surface area (Å²) in [6, 6.07) is 5.87. The van der Waals surface area contributed by atoms with Crippen LogP contribution in [0.1, 0.15) is 15.9 Å². The minimum Gasteiger partial charge on any atom is -0.507 e. The zero-order valence-corrected chi connectivity index (χ0v) is 12.5. The number of aliphatic hydroxyl groups excluding tert-OH is 1. The van der Waals surface area contributed by atoms with Gasteiger partial charge in [0.2, 0.25) is 0 Å². The maximum Gasteiger partial charge on any atom is 0.199 e. The quantitative estimate of drug-likeness (QED) is 0.490. The Kier molecular flexibility index (Phi) is 2.88. The molecule has 0 bridgehead atoms. The van der Waals surface area contributed by atoms with Gasteiger partial charge in [-0.25, -0.2) is 0 Å². The van der Waals surface area contributed by atoms with Crippen LogP contribution in [-0.4, -0.2) is 37.5 Å². The molecule has 0 fully saturated rings. The largest absolute Gasteiger partial charge is 0.507 e. The van der Waals surface area contributed by atoms with E-state index in [-0.39, 0.29) is 46.4 Å². The second kappa shape index (κ2) is 4.71. The van der Waals surface area contributed by atoms with Crippen molar-refractivity contribution in [2.24, 2.45) is 0 Å². The molecule has 6 nitrogen and oxygen atoms in total. The average Bonchev–Trinajstić information content (AvgIpc) is 2.87. The van der Waals surface area contributed by atoms with Crippen LogP contribution in [0, 0.1) is 0 Å². The summed E-state index contributed by atoms with van der Waals surface area (Å²) < 4.78 is 1.55. The number of benzene rings is 2. The summed E-state index contributed by atoms with van der Waals surface area (Å²) in [7, 11) is 0. The van der Waals surface area contributed by atoms with E-state index in [1.54, 1.807) is 16.8 Å². The average molecular weight is 331 g/mol. The zero-order chi connectivity index (χ0) is 16.3. The number of aromatic hydroxyl groups is 2. The maximum absolute atomic E-state index is 12.8. The fourth-order valence-corrected chi connectivity index (χ4v) is 3.33. The van der Waals surface area contributed by atoms with Crippen molar-refractivity contribution < 1.29 is 20.1 Å². The number of carbonyl (C=O) groups excluding carboxylic acids is 1. The molecule has 4 rings (SSSR count). The molecular weight excluding hydrogens is 320 g/mol. The molecule has 0 radical (unpaired) electrons. The smallest absolute Gasteiger partial charge is 0.199 e. The van der Waals surface area contributed by atoms with Crippen molar-refractivity contribution >= 4 is 28.3 Å². The van der Waals surface area contributed by atoms with Crippen LogP contribution in [0.2, 0.25) is 5.02 Å². The van der Waals surface area contributed by atoms with Crippen molar-refractivity contribution in [2.45, 2.75) is 6.54 Å². The van der Waals surface area contributed by atoms with Crippen molar-refractivity contribution in [3.63, 3.8) is 0 Å². The lowest BCUT2D eigenvalue weighted by Gasteiger charge is -2.17. The summed E-state index contributed by atoms with van der Waals surface area (Å²) in [5.41, 5.74) is 1.42. The van der Waals surface area contributed by atoms with Crippen LogP contribution in [0.5, 0.6) is 11.5 Å². The van der Waals surface area contributed by atoms with Gasteiger partial charge in [-0.1, -0.05) is 11.6 Å². The Morgan fingerprint density at radius 1 is 1.04 bits per heavy atom. The molecule has 3 N–H and O–H groups in total. The predicted octanol–water partition coefficient (Wildman–Crippen LogP) is 2.30. The molecule has 23 heavy (non-hydrogen) atoms. The first-order chi connectivity index (χ1) is 11.0. The molecule has 0 spiro atoms. The van der Waals surface area contributed by atoms with Gasteiger partial charge < -0.3 is 15.3 Å². The van der Waals surface area contributed by atoms with Gasteiger partial charge in [-0.05, 0) is 24.3 Å². The Balaban J connectivity index is 2.22. The minimum atomic E-state index is -0.458. The fraction of sp³-hybridized carbons (Fsp3) is 0.125. The second-order valence-corrected chi connectivity index (χ2v) is 5.70. The van der Waals surface area contributed by atoms with Crippen molar-refractivity contribution in [1.82, 2.24) is 9.78 Å². The molecule has 0 atom stereocenters. The van der Waals surface area contributed by atoms with Crippen molar-refractivity contribution in [1.29, 1.82) is 0 Å². The molecule has 116 valence electrons. The van der Waals surface area contributed by atoms with Gasteiger partial charge in [0.15, 0.2) is 5.78 Å². The summed E-state index contributed by atoms with van der Waals surface area (Å²) in [6.45, 7) is 0.113. The van der Waals surface area contributed by atoms with Crippen LogP contribution in [-0.2, 0) is 6.54 Å². The molecule has 7 heteroatoms. The van der Waals surface area contributed by atoms with E-state index in [0.29, 0.717) is 16.6 Å². The molecule has 3 aromatic rings. The Labute approximate surface area is 135 Å². The summed E-state index contributed by atoms with van der Waals surface area (Å²) in [5, 5.41) is 34.6. The maximum atomic E-state index is 12.8. The monoisotopic (exact) mass is 330 g/mol. The minimum absolute atomic E-state index is 0.0128. The lowest BCUT2D eigenvalue weighted by molar-refractivity contribution is 0.103. The molecular formula is C16H11ClN2O4. The molecule has 1 aliphatic carbocycles. The third-order valence-electron chi connectivity index (χ3n) is 4.03. The van der Waals surface area contributed by atoms with Crippen LogP contribution in [0.15, 0.2) is 24.3 Å². The van der Waals surface area contributed by atoms with E-state index in [1.165, 1.54) is 12.1 Å². The third kappa shape index (κ3) is 1.73. The lowest BCUT2D eigenvalue weighted by atomic mass is 9.86. The molecule has 1 aliphatic rings. The third-order valence-corrected chi connectivity index (χ3v) is 4.35. The highest BCUT2D eigenvalue weighted by atomic mass is 35.5. The summed E-state index contributed by atoms with van der Waals surface area (Å²) in [5.74, 6) is -0.842. The van der Waals surface area contributed by atoms with Crippen molar-refractivity contribution in [2.75, 3.05) is 6.61 Å². The number of aliphatic hydroxyl groups is 1. The first-order valence-electron chi connectivity index (χ1n) is 6.94. The van der Waals surface area contributed by atoms with Gasteiger partial charge in [-0.3, -0.25) is 9.48 Å². The van der Waals surface area contributed by atoms with Gasteiger partial charge in [0.1, 0.15) is 17.2 Å². The normalized spacial score (nSPS) is 12.7. The predicted molar refractivity (Wildman–Crippen MR) is 84.0 cm³/mol. The SMILES string of the molecule is O=C1c2c(O)ccc(O)c2-c2nn(CCO)c3ccc(Cl)c1c23. The van der Waals surface area contributed by atoms with Gasteiger partial charge in [-0.15, -0.1) is 0 Å². The molecule has 0 unspecified atom stereocenters. The number of phenolic OH excluding ortho intramolecular Hbond substituents is 2. The van der Waals surface area contributed by atoms with Gasteiger partial charge in [0.25, 0.3) is 0 Å². The van der Waals surface area contributed by atoms with Crippen LogP contribution < -0.4 is 0 Å². The Bertz CT molecular complexity index is 994. The summed E-state index contributed by atoms with van der Waals surface area (Å²) >= 11 is 6.20. The molecule has 0 saturated heterocycles. The van der Waals surface area contributed by atoms with E-state index >= 15 is 0 Å². The van der Waals surface area contributed by atoms with E-state index in [1.807, 2.05) is 0 Å². The Morgan fingerprint density at radius 3 is 2.43 bits per heavy atom. The highest BCUT2D eigenvalue weighted by molar-refractivity contribution is 6.39. The lowest BCUT2D eigenvalue weighted by Crippen LogP contribution is -2.10. The number of nitrogens with zero attached hydrogens (tertiary/aromatic N) is 2. The van der Waals surface area contributed by atoms with E-state index < -0.39 is 5.78 Å². The number of rotatable bonds is 2. The van der Waals surface area contributed by atoms with Crippen molar-refractivity contribution in [3.05, 3.63) is 40.4 Å². The number of carbonyl (C=O) groups is 1. The number of ketones is 1. The molecule has 0 saturated carbocycles. The molecule has 2 aromatic carbocycles. The highest BCUT2D eigenvalue weighted by Crippen LogP contribution is 2.47. The van der Waals surface area contributed by atoms with Crippen LogP contribution in [0.25, 0.3) is 22.2 Å². The van der Waals surface area contributed by atoms with Crippen LogP contribution in [0.3, 0.4) is 0 Å². The molecule has 1 heterocycles. The summed E-state index contributed by atoms with van der Waals surface area (Å²) in [4.78, 5) is 12.8. The number of fused-ring (bicyclic) bond motifs is 2. The summed E-state index contributed by atoms with van der Waals surface area (Å²) in [6.07, 6.45) is 0. The first kappa shape index (κ1) is 14.0. The Morgan fingerprint density at radius 2 is 1.74 bits per heavy atom. The van der Waals surface area contributed by atoms with Gasteiger partial charge in [0.05, 0.1) is 40.4 Å². The van der Waals surface area contributed by atoms with E-state index in [0.717, 1.165) is 0 Å². The Hall–Kier alpha value is -2.57. The highest BCUT2D eigenvalue weighted by Gasteiger charge is 2.34. The van der Waals surface area contributed by atoms with Gasteiger partial charge >= 0.3 is 0 Å². The zero-order valence-electron chi connectivity index (χ0n) is 11.7. The number of phenols is 2.